The van der Waals surface area contributed by atoms with Crippen molar-refractivity contribution in [3.8, 4) is 0 Å². The molecular weight excluding hydrogens is 241 g/mol. The monoisotopic (exact) mass is 265 g/mol. The Bertz CT molecular complexity index is 379. The van der Waals surface area contributed by atoms with E-state index in [1.165, 1.54) is 31.5 Å². The number of hydrogen-bond acceptors (Lipinski definition) is 3. The van der Waals surface area contributed by atoms with E-state index in [2.05, 4.69) is 29.0 Å². The zero-order chi connectivity index (χ0) is 13.7. The van der Waals surface area contributed by atoms with Gasteiger partial charge in [-0.05, 0) is 50.8 Å². The first-order valence-electron chi connectivity index (χ1n) is 7.30. The Morgan fingerprint density at radius 3 is 3.05 bits per heavy atom. The van der Waals surface area contributed by atoms with Crippen molar-refractivity contribution in [2.24, 2.45) is 5.92 Å². The summed E-state index contributed by atoms with van der Waals surface area (Å²) in [5.74, 6) is 1.27. The molecule has 0 bridgehead atoms. The average Bonchev–Trinajstić information content (AvgIpc) is 2.45. The first-order valence-corrected chi connectivity index (χ1v) is 7.30. The van der Waals surface area contributed by atoms with Crippen LogP contribution in [0.4, 0.5) is 10.2 Å². The van der Waals surface area contributed by atoms with Crippen molar-refractivity contribution in [1.82, 2.24) is 10.3 Å². The van der Waals surface area contributed by atoms with Crippen molar-refractivity contribution in [1.29, 1.82) is 0 Å². The van der Waals surface area contributed by atoms with E-state index in [0.29, 0.717) is 12.0 Å². The molecule has 1 aliphatic heterocycles. The van der Waals surface area contributed by atoms with Gasteiger partial charge in [0.15, 0.2) is 0 Å². The van der Waals surface area contributed by atoms with Gasteiger partial charge in [-0.1, -0.05) is 6.92 Å². The number of hydrogen-bond donors (Lipinski definition) is 1. The predicted molar refractivity (Wildman–Crippen MR) is 76.9 cm³/mol. The van der Waals surface area contributed by atoms with Gasteiger partial charge >= 0.3 is 0 Å². The van der Waals surface area contributed by atoms with Crippen LogP contribution < -0.4 is 10.2 Å². The second-order valence-corrected chi connectivity index (χ2v) is 5.43. The van der Waals surface area contributed by atoms with Gasteiger partial charge in [0.05, 0.1) is 6.20 Å². The van der Waals surface area contributed by atoms with Crippen molar-refractivity contribution >= 4 is 5.82 Å². The van der Waals surface area contributed by atoms with Crippen LogP contribution in [0, 0.1) is 11.7 Å². The molecule has 3 nitrogen and oxygen atoms in total. The molecule has 1 N–H and O–H groups in total. The maximum absolute atomic E-state index is 12.9. The Hall–Kier alpha value is -1.16. The molecule has 0 saturated carbocycles. The minimum Gasteiger partial charge on any atom is -0.356 e. The number of rotatable bonds is 5. The minimum atomic E-state index is -0.268. The van der Waals surface area contributed by atoms with E-state index in [1.54, 1.807) is 6.07 Å². The molecular formula is C15H24FN3. The second-order valence-electron chi connectivity index (χ2n) is 5.43. The van der Waals surface area contributed by atoms with Gasteiger partial charge in [0, 0.05) is 19.1 Å². The highest BCUT2D eigenvalue weighted by Crippen LogP contribution is 2.23. The number of halogens is 1. The molecule has 0 aromatic carbocycles. The molecule has 2 atom stereocenters. The summed E-state index contributed by atoms with van der Waals surface area (Å²) in [7, 11) is 0. The highest BCUT2D eigenvalue weighted by molar-refractivity contribution is 5.38. The van der Waals surface area contributed by atoms with E-state index in [9.17, 15) is 4.39 Å². The maximum atomic E-state index is 12.9. The molecule has 1 saturated heterocycles. The number of pyridine rings is 1. The smallest absolute Gasteiger partial charge is 0.141 e. The molecule has 106 valence electrons. The van der Waals surface area contributed by atoms with E-state index < -0.39 is 0 Å². The third-order valence-corrected chi connectivity index (χ3v) is 3.92. The minimum absolute atomic E-state index is 0.268. The third kappa shape index (κ3) is 3.90. The molecule has 1 aromatic rings. The zero-order valence-corrected chi connectivity index (χ0v) is 11.9. The number of anilines is 1. The average molecular weight is 265 g/mol. The van der Waals surface area contributed by atoms with Crippen molar-refractivity contribution in [3.63, 3.8) is 0 Å². The number of piperidine rings is 1. The van der Waals surface area contributed by atoms with Gasteiger partial charge in [-0.25, -0.2) is 9.37 Å². The van der Waals surface area contributed by atoms with E-state index in [4.69, 9.17) is 0 Å². The van der Waals surface area contributed by atoms with Gasteiger partial charge in [-0.15, -0.1) is 0 Å². The SMILES string of the molecule is CCCNC(C)C1CCCN(c2ccc(F)cn2)C1. The first kappa shape index (κ1) is 14.3. The van der Waals surface area contributed by atoms with Crippen molar-refractivity contribution in [2.45, 2.75) is 39.2 Å². The molecule has 19 heavy (non-hydrogen) atoms. The highest BCUT2D eigenvalue weighted by atomic mass is 19.1. The fourth-order valence-corrected chi connectivity index (χ4v) is 2.72. The Kier molecular flexibility index (Phi) is 5.14. The van der Waals surface area contributed by atoms with Crippen LogP contribution in [0.15, 0.2) is 18.3 Å². The van der Waals surface area contributed by atoms with Crippen molar-refractivity contribution < 1.29 is 4.39 Å². The van der Waals surface area contributed by atoms with Crippen LogP contribution in [-0.2, 0) is 0 Å². The van der Waals surface area contributed by atoms with Crippen molar-refractivity contribution in [3.05, 3.63) is 24.1 Å². The predicted octanol–water partition coefficient (Wildman–Crippen LogP) is 2.83. The van der Waals surface area contributed by atoms with Gasteiger partial charge < -0.3 is 10.2 Å². The summed E-state index contributed by atoms with van der Waals surface area (Å²) in [6.45, 7) is 7.57. The molecule has 2 heterocycles. The second kappa shape index (κ2) is 6.85. The lowest BCUT2D eigenvalue weighted by Gasteiger charge is -2.36. The Labute approximate surface area is 115 Å². The lowest BCUT2D eigenvalue weighted by molar-refractivity contribution is 0.320. The summed E-state index contributed by atoms with van der Waals surface area (Å²) in [6, 6.07) is 3.80. The van der Waals surface area contributed by atoms with Crippen LogP contribution in [0.5, 0.6) is 0 Å². The highest BCUT2D eigenvalue weighted by Gasteiger charge is 2.24. The Morgan fingerprint density at radius 2 is 2.37 bits per heavy atom. The first-order chi connectivity index (χ1) is 9.20. The summed E-state index contributed by atoms with van der Waals surface area (Å²) < 4.78 is 12.9. The largest absolute Gasteiger partial charge is 0.356 e. The van der Waals surface area contributed by atoms with E-state index in [1.807, 2.05) is 0 Å². The van der Waals surface area contributed by atoms with E-state index in [0.717, 1.165) is 25.5 Å². The topological polar surface area (TPSA) is 28.2 Å². The van der Waals surface area contributed by atoms with Gasteiger partial charge in [0.1, 0.15) is 11.6 Å². The summed E-state index contributed by atoms with van der Waals surface area (Å²) >= 11 is 0. The van der Waals surface area contributed by atoms with Crippen LogP contribution >= 0.6 is 0 Å². The Morgan fingerprint density at radius 1 is 1.53 bits per heavy atom. The molecule has 0 spiro atoms. The summed E-state index contributed by atoms with van der Waals surface area (Å²) in [5, 5.41) is 3.58. The Balaban J connectivity index is 1.94. The summed E-state index contributed by atoms with van der Waals surface area (Å²) in [5.41, 5.74) is 0. The number of aromatic nitrogens is 1. The van der Waals surface area contributed by atoms with Gasteiger partial charge in [0.25, 0.3) is 0 Å². The zero-order valence-electron chi connectivity index (χ0n) is 11.9. The van der Waals surface area contributed by atoms with Crippen LogP contribution in [-0.4, -0.2) is 30.7 Å². The fourth-order valence-electron chi connectivity index (χ4n) is 2.72. The normalized spacial score (nSPS) is 21.4. The molecule has 2 rings (SSSR count). The van der Waals surface area contributed by atoms with Gasteiger partial charge in [-0.2, -0.15) is 0 Å². The molecule has 1 aliphatic rings. The third-order valence-electron chi connectivity index (χ3n) is 3.92. The molecule has 2 unspecified atom stereocenters. The van der Waals surface area contributed by atoms with Gasteiger partial charge in [-0.3, -0.25) is 0 Å². The van der Waals surface area contributed by atoms with Crippen molar-refractivity contribution in [2.75, 3.05) is 24.5 Å². The maximum Gasteiger partial charge on any atom is 0.141 e. The lowest BCUT2D eigenvalue weighted by Crippen LogP contribution is -2.45. The molecule has 1 aromatic heterocycles. The number of nitrogens with zero attached hydrogens (tertiary/aromatic N) is 2. The molecule has 1 fully saturated rings. The molecule has 4 heteroatoms. The number of nitrogens with one attached hydrogen (secondary N) is 1. The quantitative estimate of drug-likeness (QED) is 0.887. The molecule has 0 amide bonds. The fraction of sp³-hybridized carbons (Fsp3) is 0.667. The standard InChI is InChI=1S/C15H24FN3/c1-3-8-17-12(2)13-5-4-9-19(11-13)15-7-6-14(16)10-18-15/h6-7,10,12-13,17H,3-5,8-9,11H2,1-2H3. The van der Waals surface area contributed by atoms with E-state index >= 15 is 0 Å². The summed E-state index contributed by atoms with van der Waals surface area (Å²) in [6.07, 6.45) is 4.91. The van der Waals surface area contributed by atoms with Crippen LogP contribution in [0.3, 0.4) is 0 Å². The summed E-state index contributed by atoms with van der Waals surface area (Å²) in [4.78, 5) is 6.46. The van der Waals surface area contributed by atoms with E-state index in [-0.39, 0.29) is 5.82 Å². The lowest BCUT2D eigenvalue weighted by atomic mass is 9.91. The molecule has 0 radical (unpaired) electrons. The van der Waals surface area contributed by atoms with Crippen LogP contribution in [0.1, 0.15) is 33.1 Å². The van der Waals surface area contributed by atoms with Gasteiger partial charge in [0.2, 0.25) is 0 Å². The molecule has 0 aliphatic carbocycles. The van der Waals surface area contributed by atoms with Crippen LogP contribution in [0.2, 0.25) is 0 Å². The van der Waals surface area contributed by atoms with Crippen LogP contribution in [0.25, 0.3) is 0 Å².